The van der Waals surface area contributed by atoms with Gasteiger partial charge in [0.1, 0.15) is 11.9 Å². The lowest BCUT2D eigenvalue weighted by Crippen LogP contribution is -2.54. The van der Waals surface area contributed by atoms with E-state index in [-0.39, 0.29) is 17.5 Å². The summed E-state index contributed by atoms with van der Waals surface area (Å²) in [5.74, 6) is 3.39. The highest BCUT2D eigenvalue weighted by molar-refractivity contribution is 5.87. The van der Waals surface area contributed by atoms with E-state index in [4.69, 9.17) is 4.74 Å². The van der Waals surface area contributed by atoms with Crippen LogP contribution in [0.5, 0.6) is 0 Å². The van der Waals surface area contributed by atoms with Crippen LogP contribution in [0, 0.1) is 34.5 Å². The number of hydrogen-bond donors (Lipinski definition) is 0. The van der Waals surface area contributed by atoms with Crippen molar-refractivity contribution in [2.45, 2.75) is 103 Å². The van der Waals surface area contributed by atoms with Crippen molar-refractivity contribution in [3.8, 4) is 0 Å². The van der Waals surface area contributed by atoms with Crippen molar-refractivity contribution < 1.29 is 14.3 Å². The van der Waals surface area contributed by atoms with E-state index in [1.165, 1.54) is 44.9 Å². The Morgan fingerprint density at radius 1 is 1.00 bits per heavy atom. The third kappa shape index (κ3) is 3.89. The van der Waals surface area contributed by atoms with E-state index in [2.05, 4.69) is 18.7 Å². The largest absolute Gasteiger partial charge is 0.462 e. The van der Waals surface area contributed by atoms with Gasteiger partial charge in [-0.1, -0.05) is 20.3 Å². The van der Waals surface area contributed by atoms with E-state index in [1.807, 2.05) is 0 Å². The molecule has 0 unspecified atom stereocenters. The fraction of sp³-hybridized carbons (Fsp3) is 0.926. The van der Waals surface area contributed by atoms with Gasteiger partial charge in [-0.25, -0.2) is 0 Å². The number of fused-ring (bicyclic) bond motifs is 5. The van der Waals surface area contributed by atoms with Gasteiger partial charge < -0.3 is 9.64 Å². The highest BCUT2D eigenvalue weighted by atomic mass is 16.5. The first-order chi connectivity index (χ1) is 14.9. The van der Waals surface area contributed by atoms with Gasteiger partial charge in [-0.15, -0.1) is 0 Å². The molecule has 4 aliphatic carbocycles. The Morgan fingerprint density at radius 3 is 2.61 bits per heavy atom. The highest BCUT2D eigenvalue weighted by Crippen LogP contribution is 2.65. The molecule has 1 saturated heterocycles. The lowest BCUT2D eigenvalue weighted by atomic mass is 9.45. The molecule has 0 aromatic rings. The summed E-state index contributed by atoms with van der Waals surface area (Å²) in [6.07, 6.45) is 14.7. The van der Waals surface area contributed by atoms with Crippen molar-refractivity contribution >= 4 is 11.8 Å². The van der Waals surface area contributed by atoms with Gasteiger partial charge in [0.25, 0.3) is 0 Å². The third-order valence-corrected chi connectivity index (χ3v) is 10.7. The van der Waals surface area contributed by atoms with Crippen LogP contribution in [0.2, 0.25) is 0 Å². The van der Waals surface area contributed by atoms with Crippen molar-refractivity contribution in [3.63, 3.8) is 0 Å². The summed E-state index contributed by atoms with van der Waals surface area (Å²) in [6, 6.07) is 0. The number of carbonyl (C=O) groups is 2. The summed E-state index contributed by atoms with van der Waals surface area (Å²) in [4.78, 5) is 27.6. The van der Waals surface area contributed by atoms with Crippen molar-refractivity contribution in [2.24, 2.45) is 34.5 Å². The first-order valence-corrected chi connectivity index (χ1v) is 13.4. The molecule has 31 heavy (non-hydrogen) atoms. The molecule has 0 aromatic carbocycles. The fourth-order valence-corrected chi connectivity index (χ4v) is 8.77. The number of likely N-dealkylation sites (tertiary alicyclic amines) is 1. The Kier molecular flexibility index (Phi) is 5.99. The molecule has 0 spiro atoms. The molecule has 0 aromatic heterocycles. The quantitative estimate of drug-likeness (QED) is 0.563. The fourth-order valence-electron chi connectivity index (χ4n) is 8.77. The van der Waals surface area contributed by atoms with Crippen molar-refractivity contribution in [3.05, 3.63) is 0 Å². The summed E-state index contributed by atoms with van der Waals surface area (Å²) in [5, 5.41) is 0. The second kappa shape index (κ2) is 8.47. The predicted molar refractivity (Wildman–Crippen MR) is 122 cm³/mol. The zero-order valence-corrected chi connectivity index (χ0v) is 19.9. The first kappa shape index (κ1) is 21.9. The molecule has 7 atom stereocenters. The van der Waals surface area contributed by atoms with Crippen LogP contribution in [0.25, 0.3) is 0 Å². The predicted octanol–water partition coefficient (Wildman–Crippen LogP) is 5.39. The van der Waals surface area contributed by atoms with Crippen molar-refractivity contribution in [1.82, 2.24) is 4.90 Å². The van der Waals surface area contributed by atoms with E-state index in [0.717, 1.165) is 63.6 Å². The topological polar surface area (TPSA) is 46.6 Å². The standard InChI is InChI=1S/C27H43NO3/c1-26-13-10-20(31-25(30)12-17-28-15-4-3-5-16-28)18-19(26)6-7-21-22-8-9-24(29)27(22,2)14-11-23(21)26/h19-23H,3-18H2,1-2H3/t19-,20-,21-,22+,23-,26-,27+/m1/s1. The van der Waals surface area contributed by atoms with Gasteiger partial charge in [0, 0.05) is 18.4 Å². The SMILES string of the molecule is C[C@@]12CC[C@@H](OC(=O)CCN3CCCCC3)C[C@H]1CC[C@H]1[C@H]2CC[C@]2(C)C(=O)CC[C@@H]12. The average Bonchev–Trinajstić information content (AvgIpc) is 3.08. The zero-order valence-electron chi connectivity index (χ0n) is 19.9. The highest BCUT2D eigenvalue weighted by Gasteiger charge is 2.60. The smallest absolute Gasteiger partial charge is 0.307 e. The molecule has 0 bridgehead atoms. The minimum atomic E-state index is -0.0224. The van der Waals surface area contributed by atoms with Crippen LogP contribution in [0.1, 0.15) is 97.3 Å². The molecule has 5 aliphatic rings. The maximum atomic E-state index is 12.6. The van der Waals surface area contributed by atoms with Gasteiger partial charge in [0.2, 0.25) is 0 Å². The number of Topliss-reactive ketones (excluding diaryl/α,β-unsaturated/α-hetero) is 1. The van der Waals surface area contributed by atoms with E-state index < -0.39 is 0 Å². The minimum absolute atomic E-state index is 0.0192. The molecule has 0 amide bonds. The number of carbonyl (C=O) groups excluding carboxylic acids is 2. The number of ketones is 1. The number of esters is 1. The normalized spacial score (nSPS) is 45.5. The monoisotopic (exact) mass is 429 g/mol. The number of nitrogens with zero attached hydrogens (tertiary/aromatic N) is 1. The molecule has 4 nitrogen and oxygen atoms in total. The van der Waals surface area contributed by atoms with Crippen LogP contribution in [0.4, 0.5) is 0 Å². The van der Waals surface area contributed by atoms with Crippen LogP contribution in [-0.2, 0) is 14.3 Å². The van der Waals surface area contributed by atoms with Crippen LogP contribution in [0.3, 0.4) is 0 Å². The molecule has 5 fully saturated rings. The van der Waals surface area contributed by atoms with Crippen LogP contribution < -0.4 is 0 Å². The Hall–Kier alpha value is -0.900. The summed E-state index contributed by atoms with van der Waals surface area (Å²) in [6.45, 7) is 7.98. The first-order valence-electron chi connectivity index (χ1n) is 13.4. The third-order valence-electron chi connectivity index (χ3n) is 10.7. The number of piperidine rings is 1. The average molecular weight is 430 g/mol. The van der Waals surface area contributed by atoms with Crippen LogP contribution >= 0.6 is 0 Å². The van der Waals surface area contributed by atoms with Crippen LogP contribution in [0.15, 0.2) is 0 Å². The molecule has 5 rings (SSSR count). The Balaban J connectivity index is 1.17. The molecule has 0 radical (unpaired) electrons. The van der Waals surface area contributed by atoms with Gasteiger partial charge in [-0.2, -0.15) is 0 Å². The maximum Gasteiger partial charge on any atom is 0.307 e. The molecular formula is C27H43NO3. The van der Waals surface area contributed by atoms with Gasteiger partial charge >= 0.3 is 5.97 Å². The zero-order chi connectivity index (χ0) is 21.6. The summed E-state index contributed by atoms with van der Waals surface area (Å²) in [7, 11) is 0. The Bertz CT molecular complexity index is 701. The molecule has 1 heterocycles. The summed E-state index contributed by atoms with van der Waals surface area (Å²) >= 11 is 0. The van der Waals surface area contributed by atoms with Gasteiger partial charge in [-0.3, -0.25) is 9.59 Å². The van der Waals surface area contributed by atoms with E-state index in [9.17, 15) is 9.59 Å². The van der Waals surface area contributed by atoms with E-state index in [0.29, 0.717) is 29.5 Å². The number of hydrogen-bond acceptors (Lipinski definition) is 4. The van der Waals surface area contributed by atoms with E-state index in [1.54, 1.807) is 0 Å². The van der Waals surface area contributed by atoms with Gasteiger partial charge in [-0.05, 0) is 106 Å². The van der Waals surface area contributed by atoms with Gasteiger partial charge in [0.15, 0.2) is 0 Å². The van der Waals surface area contributed by atoms with Gasteiger partial charge in [0.05, 0.1) is 6.42 Å². The Labute approximate surface area is 188 Å². The molecule has 4 heteroatoms. The Morgan fingerprint density at radius 2 is 1.81 bits per heavy atom. The lowest BCUT2D eigenvalue weighted by Gasteiger charge is -2.60. The summed E-state index contributed by atoms with van der Waals surface area (Å²) < 4.78 is 6.00. The maximum absolute atomic E-state index is 12.6. The lowest BCUT2D eigenvalue weighted by molar-refractivity contribution is -0.162. The molecule has 0 N–H and O–H groups in total. The summed E-state index contributed by atoms with van der Waals surface area (Å²) in [5.41, 5.74) is 0.359. The minimum Gasteiger partial charge on any atom is -0.462 e. The second-order valence-corrected chi connectivity index (χ2v) is 12.1. The molecule has 1 aliphatic heterocycles. The molecule has 174 valence electrons. The molecular weight excluding hydrogens is 386 g/mol. The van der Waals surface area contributed by atoms with Crippen molar-refractivity contribution in [1.29, 1.82) is 0 Å². The second-order valence-electron chi connectivity index (χ2n) is 12.1. The molecule has 4 saturated carbocycles. The number of rotatable bonds is 4. The number of ether oxygens (including phenoxy) is 1. The van der Waals surface area contributed by atoms with Crippen molar-refractivity contribution in [2.75, 3.05) is 19.6 Å². The van der Waals surface area contributed by atoms with Crippen LogP contribution in [-0.4, -0.2) is 42.4 Å². The van der Waals surface area contributed by atoms with E-state index >= 15 is 0 Å².